The minimum atomic E-state index is -0.457. The average Bonchev–Trinajstić information content (AvgIpc) is 2.88. The number of aryl methyl sites for hydroxylation is 1. The lowest BCUT2D eigenvalue weighted by Gasteiger charge is -2.02. The van der Waals surface area contributed by atoms with E-state index in [2.05, 4.69) is 10.4 Å². The number of anilines is 1. The molecule has 5 heteroatoms. The van der Waals surface area contributed by atoms with Crippen molar-refractivity contribution >= 4 is 28.6 Å². The fourth-order valence-electron chi connectivity index (χ4n) is 2.19. The van der Waals surface area contributed by atoms with Gasteiger partial charge in [-0.05, 0) is 35.9 Å². The van der Waals surface area contributed by atoms with E-state index in [1.807, 2.05) is 25.2 Å². The van der Waals surface area contributed by atoms with E-state index in [9.17, 15) is 9.18 Å². The molecule has 4 nitrogen and oxygen atoms in total. The van der Waals surface area contributed by atoms with Crippen molar-refractivity contribution < 1.29 is 9.18 Å². The Bertz CT molecular complexity index is 867. The van der Waals surface area contributed by atoms with Crippen LogP contribution >= 0.6 is 0 Å². The van der Waals surface area contributed by atoms with Gasteiger partial charge in [-0.15, -0.1) is 0 Å². The van der Waals surface area contributed by atoms with Crippen molar-refractivity contribution in [2.45, 2.75) is 0 Å². The van der Waals surface area contributed by atoms with Crippen LogP contribution in [0.4, 0.5) is 10.1 Å². The molecule has 0 saturated carbocycles. The van der Waals surface area contributed by atoms with Gasteiger partial charge in [-0.2, -0.15) is 5.10 Å². The van der Waals surface area contributed by atoms with Crippen LogP contribution in [0.3, 0.4) is 0 Å². The molecule has 2 aromatic carbocycles. The topological polar surface area (TPSA) is 46.9 Å². The zero-order chi connectivity index (χ0) is 15.5. The maximum atomic E-state index is 13.4. The third-order valence-corrected chi connectivity index (χ3v) is 3.33. The van der Waals surface area contributed by atoms with E-state index in [1.54, 1.807) is 29.1 Å². The van der Waals surface area contributed by atoms with Crippen molar-refractivity contribution in [3.63, 3.8) is 0 Å². The average molecular weight is 295 g/mol. The van der Waals surface area contributed by atoms with Crippen LogP contribution in [0.5, 0.6) is 0 Å². The number of carbonyl (C=O) groups excluding carboxylic acids is 1. The Labute approximate surface area is 126 Å². The van der Waals surface area contributed by atoms with E-state index in [1.165, 1.54) is 18.2 Å². The Morgan fingerprint density at radius 1 is 1.27 bits per heavy atom. The molecule has 110 valence electrons. The molecule has 1 amide bonds. The van der Waals surface area contributed by atoms with Crippen molar-refractivity contribution in [1.29, 1.82) is 0 Å². The minimum absolute atomic E-state index is 0.167. The molecular weight excluding hydrogens is 281 g/mol. The van der Waals surface area contributed by atoms with Gasteiger partial charge in [0.1, 0.15) is 5.82 Å². The molecule has 0 bridgehead atoms. The predicted octanol–water partition coefficient (Wildman–Crippen LogP) is 3.36. The number of carbonyl (C=O) groups is 1. The SMILES string of the molecule is Cn1ncc2cc(/C=C/C(=O)Nc3ccccc3F)ccc21. The number of halogens is 1. The summed E-state index contributed by atoms with van der Waals surface area (Å²) >= 11 is 0. The maximum Gasteiger partial charge on any atom is 0.248 e. The summed E-state index contributed by atoms with van der Waals surface area (Å²) in [5.74, 6) is -0.836. The van der Waals surface area contributed by atoms with Crippen LogP contribution in [-0.4, -0.2) is 15.7 Å². The van der Waals surface area contributed by atoms with Gasteiger partial charge in [-0.1, -0.05) is 18.2 Å². The van der Waals surface area contributed by atoms with Crippen molar-refractivity contribution in [2.75, 3.05) is 5.32 Å². The molecule has 1 N–H and O–H groups in total. The highest BCUT2D eigenvalue weighted by atomic mass is 19.1. The highest BCUT2D eigenvalue weighted by molar-refractivity contribution is 6.02. The standard InChI is InChI=1S/C17H14FN3O/c1-21-16-8-6-12(10-13(16)11-19-21)7-9-17(22)20-15-5-3-2-4-14(15)18/h2-11H,1H3,(H,20,22)/b9-7+. The molecule has 3 rings (SSSR count). The van der Waals surface area contributed by atoms with Gasteiger partial charge in [-0.3, -0.25) is 9.48 Å². The molecule has 0 fully saturated rings. The first-order valence-electron chi connectivity index (χ1n) is 6.79. The zero-order valence-corrected chi connectivity index (χ0v) is 12.0. The second kappa shape index (κ2) is 5.81. The molecule has 0 aliphatic rings. The molecule has 0 saturated heterocycles. The maximum absolute atomic E-state index is 13.4. The fourth-order valence-corrected chi connectivity index (χ4v) is 2.19. The first-order chi connectivity index (χ1) is 10.6. The molecule has 0 aliphatic carbocycles. The number of nitrogens with zero attached hydrogens (tertiary/aromatic N) is 2. The summed E-state index contributed by atoms with van der Waals surface area (Å²) in [6.07, 6.45) is 4.83. The zero-order valence-electron chi connectivity index (χ0n) is 12.0. The Hall–Kier alpha value is -2.95. The van der Waals surface area contributed by atoms with Gasteiger partial charge in [0.15, 0.2) is 0 Å². The quantitative estimate of drug-likeness (QED) is 0.753. The molecule has 0 spiro atoms. The van der Waals surface area contributed by atoms with E-state index in [0.29, 0.717) is 0 Å². The Morgan fingerprint density at radius 2 is 2.09 bits per heavy atom. The first kappa shape index (κ1) is 14.0. The van der Waals surface area contributed by atoms with Crippen LogP contribution in [0.15, 0.2) is 54.7 Å². The summed E-state index contributed by atoms with van der Waals surface area (Å²) in [5, 5.41) is 7.67. The van der Waals surface area contributed by atoms with Crippen LogP contribution in [0, 0.1) is 5.82 Å². The lowest BCUT2D eigenvalue weighted by Crippen LogP contribution is -2.08. The van der Waals surface area contributed by atoms with Crippen molar-refractivity contribution in [2.24, 2.45) is 7.05 Å². The van der Waals surface area contributed by atoms with E-state index < -0.39 is 5.82 Å². The van der Waals surface area contributed by atoms with E-state index in [0.717, 1.165) is 16.5 Å². The lowest BCUT2D eigenvalue weighted by molar-refractivity contribution is -0.111. The van der Waals surface area contributed by atoms with E-state index >= 15 is 0 Å². The van der Waals surface area contributed by atoms with E-state index in [4.69, 9.17) is 0 Å². The highest BCUT2D eigenvalue weighted by Gasteiger charge is 2.03. The van der Waals surface area contributed by atoms with Gasteiger partial charge in [0, 0.05) is 18.5 Å². The van der Waals surface area contributed by atoms with Crippen LogP contribution < -0.4 is 5.32 Å². The monoisotopic (exact) mass is 295 g/mol. The molecule has 0 unspecified atom stereocenters. The predicted molar refractivity (Wildman–Crippen MR) is 84.8 cm³/mol. The summed E-state index contributed by atoms with van der Waals surface area (Å²) in [4.78, 5) is 11.8. The highest BCUT2D eigenvalue weighted by Crippen LogP contribution is 2.16. The van der Waals surface area contributed by atoms with Gasteiger partial charge in [-0.25, -0.2) is 4.39 Å². The summed E-state index contributed by atoms with van der Waals surface area (Å²) in [5.41, 5.74) is 2.07. The summed E-state index contributed by atoms with van der Waals surface area (Å²) < 4.78 is 15.2. The molecule has 1 heterocycles. The molecule has 0 atom stereocenters. The first-order valence-corrected chi connectivity index (χ1v) is 6.79. The number of hydrogen-bond donors (Lipinski definition) is 1. The second-order valence-electron chi connectivity index (χ2n) is 4.89. The number of benzene rings is 2. The third kappa shape index (κ3) is 2.88. The Kier molecular flexibility index (Phi) is 3.70. The molecule has 3 aromatic rings. The number of para-hydroxylation sites is 1. The molecule has 0 radical (unpaired) electrons. The number of aromatic nitrogens is 2. The minimum Gasteiger partial charge on any atom is -0.320 e. The van der Waals surface area contributed by atoms with Gasteiger partial charge < -0.3 is 5.32 Å². The Balaban J connectivity index is 1.74. The van der Waals surface area contributed by atoms with Gasteiger partial charge in [0.05, 0.1) is 17.4 Å². The van der Waals surface area contributed by atoms with Crippen molar-refractivity contribution in [3.05, 3.63) is 66.1 Å². The third-order valence-electron chi connectivity index (χ3n) is 3.33. The number of rotatable bonds is 3. The molecule has 22 heavy (non-hydrogen) atoms. The summed E-state index contributed by atoms with van der Waals surface area (Å²) in [6, 6.07) is 11.8. The van der Waals surface area contributed by atoms with Crippen LogP contribution in [0.2, 0.25) is 0 Å². The van der Waals surface area contributed by atoms with Crippen molar-refractivity contribution in [3.8, 4) is 0 Å². The second-order valence-corrected chi connectivity index (χ2v) is 4.89. The van der Waals surface area contributed by atoms with Crippen molar-refractivity contribution in [1.82, 2.24) is 9.78 Å². The lowest BCUT2D eigenvalue weighted by atomic mass is 10.1. The largest absolute Gasteiger partial charge is 0.320 e. The van der Waals surface area contributed by atoms with E-state index in [-0.39, 0.29) is 11.6 Å². The van der Waals surface area contributed by atoms with Crippen LogP contribution in [0.25, 0.3) is 17.0 Å². The van der Waals surface area contributed by atoms with Gasteiger partial charge in [0.25, 0.3) is 0 Å². The fraction of sp³-hybridized carbons (Fsp3) is 0.0588. The number of nitrogens with one attached hydrogen (secondary N) is 1. The number of hydrogen-bond acceptors (Lipinski definition) is 2. The number of fused-ring (bicyclic) bond motifs is 1. The molecular formula is C17H14FN3O. The summed E-state index contributed by atoms with van der Waals surface area (Å²) in [7, 11) is 1.87. The molecule has 1 aromatic heterocycles. The normalized spacial score (nSPS) is 11.2. The summed E-state index contributed by atoms with van der Waals surface area (Å²) in [6.45, 7) is 0. The van der Waals surface area contributed by atoms with Crippen LogP contribution in [-0.2, 0) is 11.8 Å². The Morgan fingerprint density at radius 3 is 2.91 bits per heavy atom. The van der Waals surface area contributed by atoms with Gasteiger partial charge in [0.2, 0.25) is 5.91 Å². The van der Waals surface area contributed by atoms with Crippen LogP contribution in [0.1, 0.15) is 5.56 Å². The number of amides is 1. The molecule has 0 aliphatic heterocycles. The van der Waals surface area contributed by atoms with Gasteiger partial charge >= 0.3 is 0 Å². The smallest absolute Gasteiger partial charge is 0.248 e.